The van der Waals surface area contributed by atoms with E-state index in [1.54, 1.807) is 12.1 Å². The van der Waals surface area contributed by atoms with Crippen LogP contribution in [0, 0.1) is 16.0 Å². The fraction of sp³-hybridized carbons (Fsp3) is 0.500. The lowest BCUT2D eigenvalue weighted by Gasteiger charge is -2.15. The summed E-state index contributed by atoms with van der Waals surface area (Å²) >= 11 is 0. The van der Waals surface area contributed by atoms with E-state index in [1.165, 1.54) is 12.1 Å². The Morgan fingerprint density at radius 3 is 2.47 bits per heavy atom. The van der Waals surface area contributed by atoms with Crippen molar-refractivity contribution >= 4 is 17.3 Å². The number of hydrogen-bond acceptors (Lipinski definition) is 3. The van der Waals surface area contributed by atoms with Gasteiger partial charge >= 0.3 is 0 Å². The Labute approximate surface area is 113 Å². The molecule has 0 aliphatic carbocycles. The van der Waals surface area contributed by atoms with E-state index >= 15 is 0 Å². The molecule has 0 radical (unpaired) electrons. The number of nitrogens with one attached hydrogen (secondary N) is 1. The summed E-state index contributed by atoms with van der Waals surface area (Å²) in [7, 11) is 0. The number of carbonyl (C=O) groups is 1. The highest BCUT2D eigenvalue weighted by atomic mass is 16.6. The third-order valence-electron chi connectivity index (χ3n) is 2.97. The maximum absolute atomic E-state index is 12.1. The average Bonchev–Trinajstić information content (AvgIpc) is 2.38. The second-order valence-corrected chi connectivity index (χ2v) is 4.57. The second kappa shape index (κ2) is 7.51. The number of nitrogens with zero attached hydrogens (tertiary/aromatic N) is 1. The first-order valence-corrected chi connectivity index (χ1v) is 6.63. The van der Waals surface area contributed by atoms with Crippen LogP contribution < -0.4 is 5.32 Å². The Balaban J connectivity index is 2.74. The van der Waals surface area contributed by atoms with Crippen molar-refractivity contribution in [2.75, 3.05) is 5.32 Å². The molecule has 0 unspecified atom stereocenters. The van der Waals surface area contributed by atoms with E-state index in [-0.39, 0.29) is 17.5 Å². The Morgan fingerprint density at radius 1 is 1.32 bits per heavy atom. The van der Waals surface area contributed by atoms with Gasteiger partial charge in [0.15, 0.2) is 0 Å². The van der Waals surface area contributed by atoms with Crippen molar-refractivity contribution in [3.63, 3.8) is 0 Å². The van der Waals surface area contributed by atoms with Crippen LogP contribution >= 0.6 is 0 Å². The van der Waals surface area contributed by atoms with Gasteiger partial charge in [-0.2, -0.15) is 0 Å². The topological polar surface area (TPSA) is 72.2 Å². The molecule has 19 heavy (non-hydrogen) atoms. The molecule has 0 aliphatic heterocycles. The van der Waals surface area contributed by atoms with Crippen molar-refractivity contribution in [3.05, 3.63) is 34.4 Å². The smallest absolute Gasteiger partial charge is 0.271 e. The highest BCUT2D eigenvalue weighted by Gasteiger charge is 2.17. The zero-order valence-electron chi connectivity index (χ0n) is 11.4. The van der Waals surface area contributed by atoms with Crippen LogP contribution in [-0.4, -0.2) is 10.8 Å². The minimum Gasteiger partial charge on any atom is -0.326 e. The molecule has 0 saturated carbocycles. The van der Waals surface area contributed by atoms with Gasteiger partial charge in [-0.25, -0.2) is 0 Å². The Morgan fingerprint density at radius 2 is 1.95 bits per heavy atom. The van der Waals surface area contributed by atoms with E-state index in [4.69, 9.17) is 0 Å². The van der Waals surface area contributed by atoms with Crippen LogP contribution in [0.3, 0.4) is 0 Å². The monoisotopic (exact) mass is 264 g/mol. The summed E-state index contributed by atoms with van der Waals surface area (Å²) in [6.07, 6.45) is 3.59. The SMILES string of the molecule is CCCC(CCC)C(=O)Nc1cccc([N+](=O)[O-])c1. The molecule has 5 heteroatoms. The van der Waals surface area contributed by atoms with Gasteiger partial charge < -0.3 is 5.32 Å². The minimum absolute atomic E-state index is 0.0136. The third-order valence-corrected chi connectivity index (χ3v) is 2.97. The largest absolute Gasteiger partial charge is 0.326 e. The van der Waals surface area contributed by atoms with Crippen LogP contribution in [0.1, 0.15) is 39.5 Å². The standard InChI is InChI=1S/C14H20N2O3/c1-3-6-11(7-4-2)14(17)15-12-8-5-9-13(10-12)16(18)19/h5,8-11H,3-4,6-7H2,1-2H3,(H,15,17). The number of non-ortho nitro benzene ring substituents is 1. The molecule has 0 aromatic heterocycles. The number of hydrogen-bond donors (Lipinski definition) is 1. The van der Waals surface area contributed by atoms with Crippen LogP contribution in [0.5, 0.6) is 0 Å². The fourth-order valence-electron chi connectivity index (χ4n) is 2.05. The molecule has 0 atom stereocenters. The summed E-state index contributed by atoms with van der Waals surface area (Å²) in [5.41, 5.74) is 0.469. The molecule has 104 valence electrons. The first-order chi connectivity index (χ1) is 9.08. The van der Waals surface area contributed by atoms with E-state index in [0.717, 1.165) is 25.7 Å². The lowest BCUT2D eigenvalue weighted by Crippen LogP contribution is -2.22. The van der Waals surface area contributed by atoms with Gasteiger partial charge in [-0.3, -0.25) is 14.9 Å². The summed E-state index contributed by atoms with van der Waals surface area (Å²) in [5, 5.41) is 13.4. The summed E-state index contributed by atoms with van der Waals surface area (Å²) in [6, 6.07) is 6.03. The van der Waals surface area contributed by atoms with E-state index in [9.17, 15) is 14.9 Å². The molecule has 1 aromatic carbocycles. The highest BCUT2D eigenvalue weighted by molar-refractivity contribution is 5.92. The zero-order chi connectivity index (χ0) is 14.3. The molecule has 0 bridgehead atoms. The van der Waals surface area contributed by atoms with Crippen LogP contribution in [0.25, 0.3) is 0 Å². The molecule has 1 N–H and O–H groups in total. The van der Waals surface area contributed by atoms with Crippen LogP contribution in [-0.2, 0) is 4.79 Å². The Kier molecular flexibility index (Phi) is 5.99. The summed E-state index contributed by atoms with van der Waals surface area (Å²) in [4.78, 5) is 22.3. The number of benzene rings is 1. The fourth-order valence-corrected chi connectivity index (χ4v) is 2.05. The number of carbonyl (C=O) groups excluding carboxylic acids is 1. The minimum atomic E-state index is -0.467. The zero-order valence-corrected chi connectivity index (χ0v) is 11.4. The summed E-state index contributed by atoms with van der Waals surface area (Å²) in [5.74, 6) is -0.0709. The average molecular weight is 264 g/mol. The molecule has 1 rings (SSSR count). The van der Waals surface area contributed by atoms with Crippen molar-refractivity contribution in [2.45, 2.75) is 39.5 Å². The number of amides is 1. The maximum Gasteiger partial charge on any atom is 0.271 e. The van der Waals surface area contributed by atoms with Crippen molar-refractivity contribution in [1.29, 1.82) is 0 Å². The molecular weight excluding hydrogens is 244 g/mol. The van der Waals surface area contributed by atoms with Crippen molar-refractivity contribution in [2.24, 2.45) is 5.92 Å². The molecule has 0 fully saturated rings. The predicted octanol–water partition coefficient (Wildman–Crippen LogP) is 3.75. The Hall–Kier alpha value is -1.91. The van der Waals surface area contributed by atoms with Crippen molar-refractivity contribution < 1.29 is 9.72 Å². The van der Waals surface area contributed by atoms with Crippen molar-refractivity contribution in [3.8, 4) is 0 Å². The molecular formula is C14H20N2O3. The van der Waals surface area contributed by atoms with Gasteiger partial charge in [-0.05, 0) is 18.9 Å². The first-order valence-electron chi connectivity index (χ1n) is 6.63. The summed E-state index contributed by atoms with van der Waals surface area (Å²) in [6.45, 7) is 4.09. The van der Waals surface area contributed by atoms with E-state index in [2.05, 4.69) is 5.32 Å². The molecule has 0 saturated heterocycles. The molecule has 1 amide bonds. The second-order valence-electron chi connectivity index (χ2n) is 4.57. The quantitative estimate of drug-likeness (QED) is 0.602. The van der Waals surface area contributed by atoms with Gasteiger partial charge in [0.1, 0.15) is 0 Å². The van der Waals surface area contributed by atoms with Gasteiger partial charge in [-0.1, -0.05) is 32.8 Å². The van der Waals surface area contributed by atoms with Crippen LogP contribution in [0.2, 0.25) is 0 Å². The number of nitro groups is 1. The normalized spacial score (nSPS) is 10.5. The molecule has 0 aliphatic rings. The maximum atomic E-state index is 12.1. The van der Waals surface area contributed by atoms with Gasteiger partial charge in [0.25, 0.3) is 5.69 Å². The lowest BCUT2D eigenvalue weighted by atomic mass is 9.97. The van der Waals surface area contributed by atoms with E-state index < -0.39 is 4.92 Å². The molecule has 5 nitrogen and oxygen atoms in total. The molecule has 0 heterocycles. The summed E-state index contributed by atoms with van der Waals surface area (Å²) < 4.78 is 0. The number of nitro benzene ring substituents is 1. The van der Waals surface area contributed by atoms with Crippen molar-refractivity contribution in [1.82, 2.24) is 0 Å². The molecule has 1 aromatic rings. The van der Waals surface area contributed by atoms with Gasteiger partial charge in [-0.15, -0.1) is 0 Å². The van der Waals surface area contributed by atoms with Crippen LogP contribution in [0.4, 0.5) is 11.4 Å². The van der Waals surface area contributed by atoms with Gasteiger partial charge in [0.2, 0.25) is 5.91 Å². The van der Waals surface area contributed by atoms with E-state index in [0.29, 0.717) is 5.69 Å². The first kappa shape index (κ1) is 15.1. The Bertz CT molecular complexity index is 440. The van der Waals surface area contributed by atoms with Crippen LogP contribution in [0.15, 0.2) is 24.3 Å². The predicted molar refractivity (Wildman–Crippen MR) is 75.0 cm³/mol. The highest BCUT2D eigenvalue weighted by Crippen LogP contribution is 2.20. The van der Waals surface area contributed by atoms with Gasteiger partial charge in [0, 0.05) is 23.7 Å². The van der Waals surface area contributed by atoms with Gasteiger partial charge in [0.05, 0.1) is 4.92 Å². The molecule has 0 spiro atoms. The third kappa shape index (κ3) is 4.69. The number of anilines is 1. The number of rotatable bonds is 7. The van der Waals surface area contributed by atoms with E-state index in [1.807, 2.05) is 13.8 Å². The lowest BCUT2D eigenvalue weighted by molar-refractivity contribution is -0.384.